The molecule has 0 saturated carbocycles. The molecular weight excluding hydrogens is 356 g/mol. The van der Waals surface area contributed by atoms with Crippen molar-refractivity contribution >= 4 is 11.7 Å². The number of benzene rings is 1. The van der Waals surface area contributed by atoms with E-state index in [0.717, 1.165) is 28.3 Å². The molecule has 0 radical (unpaired) electrons. The number of fused-ring (bicyclic) bond motifs is 1. The molecule has 0 spiro atoms. The number of aryl methyl sites for hydroxylation is 1. The molecule has 1 aliphatic carbocycles. The maximum absolute atomic E-state index is 13.3. The Kier molecular flexibility index (Phi) is 3.82. The van der Waals surface area contributed by atoms with Crippen molar-refractivity contribution in [1.29, 1.82) is 0 Å². The zero-order chi connectivity index (χ0) is 19.3. The SMILES string of the molecule is COc1cccc([C@H]2C3=C(C[C@@H](c4ccco4)CC3=O)Nc3nc(C)nn32)c1. The van der Waals surface area contributed by atoms with Gasteiger partial charge in [0.25, 0.3) is 0 Å². The van der Waals surface area contributed by atoms with Gasteiger partial charge in [-0.2, -0.15) is 10.1 Å². The molecular formula is C21H20N4O3. The van der Waals surface area contributed by atoms with Crippen LogP contribution in [0, 0.1) is 6.92 Å². The van der Waals surface area contributed by atoms with Crippen molar-refractivity contribution in [2.24, 2.45) is 0 Å². The van der Waals surface area contributed by atoms with Crippen molar-refractivity contribution in [3.63, 3.8) is 0 Å². The van der Waals surface area contributed by atoms with Crippen LogP contribution in [0.4, 0.5) is 5.95 Å². The van der Waals surface area contributed by atoms with Crippen molar-refractivity contribution in [3.8, 4) is 5.75 Å². The van der Waals surface area contributed by atoms with Crippen LogP contribution in [0.5, 0.6) is 5.75 Å². The van der Waals surface area contributed by atoms with E-state index in [2.05, 4.69) is 15.4 Å². The Morgan fingerprint density at radius 1 is 1.25 bits per heavy atom. The van der Waals surface area contributed by atoms with Gasteiger partial charge in [0, 0.05) is 23.6 Å². The van der Waals surface area contributed by atoms with Crippen LogP contribution in [-0.4, -0.2) is 27.7 Å². The van der Waals surface area contributed by atoms with Gasteiger partial charge in [-0.3, -0.25) is 4.79 Å². The van der Waals surface area contributed by atoms with E-state index >= 15 is 0 Å². The van der Waals surface area contributed by atoms with Gasteiger partial charge in [-0.1, -0.05) is 12.1 Å². The smallest absolute Gasteiger partial charge is 0.226 e. The molecule has 0 saturated heterocycles. The fraction of sp³-hybridized carbons (Fsp3) is 0.286. The van der Waals surface area contributed by atoms with E-state index in [1.54, 1.807) is 18.1 Å². The molecule has 0 fully saturated rings. The molecule has 1 aromatic carbocycles. The highest BCUT2D eigenvalue weighted by Gasteiger charge is 2.40. The summed E-state index contributed by atoms with van der Waals surface area (Å²) in [6, 6.07) is 11.2. The lowest BCUT2D eigenvalue weighted by Gasteiger charge is -2.34. The van der Waals surface area contributed by atoms with E-state index in [1.165, 1.54) is 0 Å². The molecule has 1 aliphatic heterocycles. The predicted octanol–water partition coefficient (Wildman–Crippen LogP) is 3.60. The quantitative estimate of drug-likeness (QED) is 0.752. The summed E-state index contributed by atoms with van der Waals surface area (Å²) in [5, 5.41) is 7.90. The van der Waals surface area contributed by atoms with Gasteiger partial charge in [0.15, 0.2) is 5.78 Å². The first-order valence-electron chi connectivity index (χ1n) is 9.28. The van der Waals surface area contributed by atoms with Crippen molar-refractivity contribution in [2.75, 3.05) is 12.4 Å². The number of nitrogens with zero attached hydrogens (tertiary/aromatic N) is 3. The number of rotatable bonds is 3. The molecule has 142 valence electrons. The fourth-order valence-corrected chi connectivity index (χ4v) is 4.16. The average molecular weight is 376 g/mol. The number of Topliss-reactive ketones (excluding diaryl/α,β-unsaturated/α-hetero) is 1. The fourth-order valence-electron chi connectivity index (χ4n) is 4.16. The first-order valence-corrected chi connectivity index (χ1v) is 9.28. The van der Waals surface area contributed by atoms with Crippen molar-refractivity contribution in [1.82, 2.24) is 14.8 Å². The van der Waals surface area contributed by atoms with Crippen LogP contribution in [0.25, 0.3) is 0 Å². The summed E-state index contributed by atoms with van der Waals surface area (Å²) in [4.78, 5) is 17.8. The molecule has 2 aliphatic rings. The Balaban J connectivity index is 1.64. The summed E-state index contributed by atoms with van der Waals surface area (Å²) in [6.45, 7) is 1.85. The van der Waals surface area contributed by atoms with Crippen LogP contribution in [0.2, 0.25) is 0 Å². The van der Waals surface area contributed by atoms with E-state index in [1.807, 2.05) is 43.3 Å². The number of furan rings is 1. The second kappa shape index (κ2) is 6.37. The molecule has 3 aromatic rings. The number of ether oxygens (including phenoxy) is 1. The molecule has 1 N–H and O–H groups in total. The Labute approximate surface area is 162 Å². The topological polar surface area (TPSA) is 82.2 Å². The summed E-state index contributed by atoms with van der Waals surface area (Å²) in [7, 11) is 1.64. The summed E-state index contributed by atoms with van der Waals surface area (Å²) < 4.78 is 12.8. The normalized spacial score (nSPS) is 21.1. The molecule has 2 aromatic heterocycles. The second-order valence-corrected chi connectivity index (χ2v) is 7.17. The van der Waals surface area contributed by atoms with E-state index < -0.39 is 0 Å². The van der Waals surface area contributed by atoms with Crippen LogP contribution in [0.3, 0.4) is 0 Å². The number of anilines is 1. The number of nitrogens with one attached hydrogen (secondary N) is 1. The number of allylic oxidation sites excluding steroid dienone is 2. The maximum atomic E-state index is 13.3. The third-order valence-electron chi connectivity index (χ3n) is 5.38. The van der Waals surface area contributed by atoms with Gasteiger partial charge in [0.1, 0.15) is 23.4 Å². The van der Waals surface area contributed by atoms with E-state index in [4.69, 9.17) is 9.15 Å². The van der Waals surface area contributed by atoms with Gasteiger partial charge in [-0.25, -0.2) is 4.68 Å². The lowest BCUT2D eigenvalue weighted by atomic mass is 9.79. The third-order valence-corrected chi connectivity index (χ3v) is 5.38. The van der Waals surface area contributed by atoms with Crippen LogP contribution in [-0.2, 0) is 4.79 Å². The first-order chi connectivity index (χ1) is 13.6. The number of hydrogen-bond acceptors (Lipinski definition) is 6. The summed E-state index contributed by atoms with van der Waals surface area (Å²) in [5.41, 5.74) is 2.59. The van der Waals surface area contributed by atoms with E-state index in [0.29, 0.717) is 24.6 Å². The van der Waals surface area contributed by atoms with Crippen LogP contribution >= 0.6 is 0 Å². The Morgan fingerprint density at radius 3 is 2.93 bits per heavy atom. The zero-order valence-corrected chi connectivity index (χ0v) is 15.7. The Morgan fingerprint density at radius 2 is 2.14 bits per heavy atom. The largest absolute Gasteiger partial charge is 0.497 e. The molecule has 3 heterocycles. The highest BCUT2D eigenvalue weighted by Crippen LogP contribution is 2.44. The highest BCUT2D eigenvalue weighted by molar-refractivity contribution is 6.00. The first kappa shape index (κ1) is 16.8. The second-order valence-electron chi connectivity index (χ2n) is 7.17. The standard InChI is InChI=1S/C21H20N4O3/c1-12-22-21-23-16-10-14(18-7-4-8-28-18)11-17(26)19(16)20(25(21)24-12)13-5-3-6-15(9-13)27-2/h3-9,14,20H,10-11H2,1-2H3,(H,22,23,24)/t14-,20+/m1/s1. The number of ketones is 1. The van der Waals surface area contributed by atoms with Crippen molar-refractivity contribution in [3.05, 3.63) is 71.1 Å². The minimum absolute atomic E-state index is 0.0234. The summed E-state index contributed by atoms with van der Waals surface area (Å²) in [5.74, 6) is 3.01. The molecule has 0 amide bonds. The minimum atomic E-state index is -0.326. The monoisotopic (exact) mass is 376 g/mol. The Hall–Kier alpha value is -3.35. The predicted molar refractivity (Wildman–Crippen MR) is 102 cm³/mol. The number of carbonyl (C=O) groups is 1. The number of hydrogen-bond donors (Lipinski definition) is 1. The number of methoxy groups -OCH3 is 1. The summed E-state index contributed by atoms with van der Waals surface area (Å²) >= 11 is 0. The van der Waals surface area contributed by atoms with E-state index in [9.17, 15) is 4.79 Å². The number of aromatic nitrogens is 3. The minimum Gasteiger partial charge on any atom is -0.497 e. The zero-order valence-electron chi connectivity index (χ0n) is 15.7. The Bertz CT molecular complexity index is 1080. The molecule has 5 rings (SSSR count). The van der Waals surface area contributed by atoms with Gasteiger partial charge in [0.2, 0.25) is 5.95 Å². The van der Waals surface area contributed by atoms with Gasteiger partial charge in [-0.05, 0) is 43.2 Å². The van der Waals surface area contributed by atoms with Crippen LogP contribution in [0.1, 0.15) is 41.9 Å². The molecule has 7 nitrogen and oxygen atoms in total. The van der Waals surface area contributed by atoms with E-state index in [-0.39, 0.29) is 17.7 Å². The average Bonchev–Trinajstić information content (AvgIpc) is 3.35. The van der Waals surface area contributed by atoms with Crippen molar-refractivity contribution < 1.29 is 13.9 Å². The molecule has 28 heavy (non-hydrogen) atoms. The molecule has 0 bridgehead atoms. The molecule has 7 heteroatoms. The molecule has 0 unspecified atom stereocenters. The highest BCUT2D eigenvalue weighted by atomic mass is 16.5. The summed E-state index contributed by atoms with van der Waals surface area (Å²) in [6.07, 6.45) is 2.76. The van der Waals surface area contributed by atoms with Gasteiger partial charge >= 0.3 is 0 Å². The number of carbonyl (C=O) groups excluding carboxylic acids is 1. The maximum Gasteiger partial charge on any atom is 0.226 e. The third kappa shape index (κ3) is 2.62. The van der Waals surface area contributed by atoms with Gasteiger partial charge in [0.05, 0.1) is 13.4 Å². The lowest BCUT2D eigenvalue weighted by Crippen LogP contribution is -2.33. The molecule has 2 atom stereocenters. The van der Waals surface area contributed by atoms with Gasteiger partial charge < -0.3 is 14.5 Å². The van der Waals surface area contributed by atoms with Crippen LogP contribution in [0.15, 0.2) is 58.3 Å². The van der Waals surface area contributed by atoms with Gasteiger partial charge in [-0.15, -0.1) is 0 Å². The van der Waals surface area contributed by atoms with Crippen molar-refractivity contribution in [2.45, 2.75) is 31.7 Å². The van der Waals surface area contributed by atoms with Crippen LogP contribution < -0.4 is 10.1 Å². The lowest BCUT2D eigenvalue weighted by molar-refractivity contribution is -0.117.